The second-order valence-corrected chi connectivity index (χ2v) is 8.96. The highest BCUT2D eigenvalue weighted by Gasteiger charge is 2.25. The van der Waals surface area contributed by atoms with Gasteiger partial charge in [0.1, 0.15) is 5.82 Å². The van der Waals surface area contributed by atoms with Crippen molar-refractivity contribution < 1.29 is 12.8 Å². The number of aromatic nitrogens is 1. The summed E-state index contributed by atoms with van der Waals surface area (Å²) in [6, 6.07) is 7.81. The fourth-order valence-corrected chi connectivity index (χ4v) is 4.37. The summed E-state index contributed by atoms with van der Waals surface area (Å²) in [6.45, 7) is 5.62. The van der Waals surface area contributed by atoms with Crippen LogP contribution in [0, 0.1) is 5.82 Å². The van der Waals surface area contributed by atoms with Gasteiger partial charge in [0.2, 0.25) is 0 Å². The molecule has 0 bridgehead atoms. The van der Waals surface area contributed by atoms with Gasteiger partial charge in [-0.2, -0.15) is 0 Å². The van der Waals surface area contributed by atoms with Crippen molar-refractivity contribution in [3.8, 4) is 0 Å². The Bertz CT molecular complexity index is 899. The first kappa shape index (κ1) is 19.1. The highest BCUT2D eigenvalue weighted by molar-refractivity contribution is 9.10. The Kier molecular flexibility index (Phi) is 5.50. The van der Waals surface area contributed by atoms with Gasteiger partial charge in [-0.15, -0.1) is 0 Å². The topological polar surface area (TPSA) is 74.3 Å². The van der Waals surface area contributed by atoms with E-state index in [0.717, 1.165) is 19.2 Å². The molecule has 1 unspecified atom stereocenters. The Hall–Kier alpha value is -1.71. The lowest BCUT2D eigenvalue weighted by molar-refractivity contribution is 0.407. The van der Waals surface area contributed by atoms with Crippen LogP contribution in [0.5, 0.6) is 0 Å². The molecule has 2 atom stereocenters. The molecule has 3 rings (SSSR count). The number of rotatable bonds is 4. The number of nitrogens with zero attached hydrogens (tertiary/aromatic N) is 2. The number of piperazine rings is 1. The van der Waals surface area contributed by atoms with Crippen molar-refractivity contribution in [2.24, 2.45) is 0 Å². The molecule has 0 aliphatic carbocycles. The Morgan fingerprint density at radius 1 is 1.27 bits per heavy atom. The number of hydrogen-bond donors (Lipinski definition) is 2. The third kappa shape index (κ3) is 4.16. The van der Waals surface area contributed by atoms with Crippen LogP contribution < -0.4 is 14.9 Å². The van der Waals surface area contributed by atoms with Gasteiger partial charge < -0.3 is 10.2 Å². The van der Waals surface area contributed by atoms with Gasteiger partial charge in [-0.3, -0.25) is 4.72 Å². The molecular formula is C17H20BrFN4O2S. The van der Waals surface area contributed by atoms with E-state index in [4.69, 9.17) is 0 Å². The molecule has 0 radical (unpaired) electrons. The second kappa shape index (κ2) is 7.50. The van der Waals surface area contributed by atoms with Gasteiger partial charge in [-0.1, -0.05) is 0 Å². The smallest absolute Gasteiger partial charge is 0.263 e. The molecule has 6 nitrogen and oxygen atoms in total. The van der Waals surface area contributed by atoms with Gasteiger partial charge in [-0.25, -0.2) is 17.8 Å². The molecule has 1 aromatic carbocycles. The van der Waals surface area contributed by atoms with Crippen molar-refractivity contribution in [1.82, 2.24) is 10.3 Å². The maximum atomic E-state index is 13.7. The zero-order valence-corrected chi connectivity index (χ0v) is 16.8. The summed E-state index contributed by atoms with van der Waals surface area (Å²) in [6.07, 6.45) is 1.53. The zero-order chi connectivity index (χ0) is 18.9. The second-order valence-electron chi connectivity index (χ2n) is 6.43. The first-order chi connectivity index (χ1) is 12.3. The van der Waals surface area contributed by atoms with E-state index in [0.29, 0.717) is 5.69 Å². The summed E-state index contributed by atoms with van der Waals surface area (Å²) >= 11 is 3.02. The molecule has 1 fully saturated rings. The molecule has 140 valence electrons. The summed E-state index contributed by atoms with van der Waals surface area (Å²) in [5.41, 5.74) is 0.703. The van der Waals surface area contributed by atoms with E-state index in [-0.39, 0.29) is 27.3 Å². The Morgan fingerprint density at radius 3 is 2.62 bits per heavy atom. The molecule has 9 heteroatoms. The van der Waals surface area contributed by atoms with Crippen LogP contribution in [-0.2, 0) is 10.0 Å². The maximum Gasteiger partial charge on any atom is 0.263 e. The van der Waals surface area contributed by atoms with Crippen LogP contribution in [0.15, 0.2) is 45.9 Å². The predicted molar refractivity (Wildman–Crippen MR) is 103 cm³/mol. The van der Waals surface area contributed by atoms with Crippen LogP contribution in [-0.4, -0.2) is 38.6 Å². The Balaban J connectivity index is 1.91. The van der Waals surface area contributed by atoms with Crippen LogP contribution in [0.2, 0.25) is 0 Å². The standard InChI is InChI=1S/C17H20BrFN4O2S/c1-11-9-23(10-12(2)21-11)16-4-3-7-20-17(16)22-26(24,25)13-5-6-14(18)15(19)8-13/h3-8,11-12,21H,9-10H2,1-2H3,(H,20,22)/t11-,12?/m0/s1. The molecule has 26 heavy (non-hydrogen) atoms. The maximum absolute atomic E-state index is 13.7. The number of anilines is 2. The highest BCUT2D eigenvalue weighted by Crippen LogP contribution is 2.28. The monoisotopic (exact) mass is 442 g/mol. The third-order valence-corrected chi connectivity index (χ3v) is 6.10. The molecule has 0 saturated carbocycles. The van der Waals surface area contributed by atoms with Crippen LogP contribution in [0.4, 0.5) is 15.9 Å². The Labute approximate surface area is 161 Å². The van der Waals surface area contributed by atoms with Crippen LogP contribution >= 0.6 is 15.9 Å². The van der Waals surface area contributed by atoms with Crippen molar-refractivity contribution in [2.45, 2.75) is 30.8 Å². The van der Waals surface area contributed by atoms with Gasteiger partial charge in [0, 0.05) is 31.4 Å². The predicted octanol–water partition coefficient (Wildman–Crippen LogP) is 2.97. The van der Waals surface area contributed by atoms with E-state index in [1.165, 1.54) is 18.3 Å². The summed E-state index contributed by atoms with van der Waals surface area (Å²) in [5, 5.41) is 3.44. The SMILES string of the molecule is CC1CN(c2cccnc2NS(=O)(=O)c2ccc(Br)c(F)c2)C[C@H](C)N1. The summed E-state index contributed by atoms with van der Waals surface area (Å²) < 4.78 is 41.8. The first-order valence-corrected chi connectivity index (χ1v) is 10.5. The molecule has 1 aromatic heterocycles. The van der Waals surface area contributed by atoms with Crippen LogP contribution in [0.3, 0.4) is 0 Å². The van der Waals surface area contributed by atoms with E-state index < -0.39 is 15.8 Å². The molecule has 0 amide bonds. The molecule has 1 saturated heterocycles. The molecule has 2 aromatic rings. The van der Waals surface area contributed by atoms with E-state index in [9.17, 15) is 12.8 Å². The van der Waals surface area contributed by atoms with Crippen molar-refractivity contribution in [3.05, 3.63) is 46.8 Å². The summed E-state index contributed by atoms with van der Waals surface area (Å²) in [7, 11) is -3.96. The lowest BCUT2D eigenvalue weighted by atomic mass is 10.1. The minimum Gasteiger partial charge on any atom is -0.365 e. The highest BCUT2D eigenvalue weighted by atomic mass is 79.9. The normalized spacial score (nSPS) is 20.8. The van der Waals surface area contributed by atoms with Gasteiger partial charge in [0.15, 0.2) is 5.82 Å². The van der Waals surface area contributed by atoms with Crippen molar-refractivity contribution in [3.63, 3.8) is 0 Å². The number of halogens is 2. The quantitative estimate of drug-likeness (QED) is 0.760. The van der Waals surface area contributed by atoms with Crippen LogP contribution in [0.25, 0.3) is 0 Å². The molecule has 2 N–H and O–H groups in total. The fourth-order valence-electron chi connectivity index (χ4n) is 3.08. The number of sulfonamides is 1. The lowest BCUT2D eigenvalue weighted by Crippen LogP contribution is -2.54. The van der Waals surface area contributed by atoms with E-state index >= 15 is 0 Å². The Morgan fingerprint density at radius 2 is 1.96 bits per heavy atom. The third-order valence-electron chi connectivity index (χ3n) is 4.12. The van der Waals surface area contributed by atoms with E-state index in [1.54, 1.807) is 6.07 Å². The molecule has 2 heterocycles. The van der Waals surface area contributed by atoms with Gasteiger partial charge >= 0.3 is 0 Å². The van der Waals surface area contributed by atoms with Crippen molar-refractivity contribution in [2.75, 3.05) is 22.7 Å². The minimum atomic E-state index is -3.96. The lowest BCUT2D eigenvalue weighted by Gasteiger charge is -2.38. The minimum absolute atomic E-state index is 0.156. The molecule has 1 aliphatic rings. The number of pyridine rings is 1. The number of hydrogen-bond acceptors (Lipinski definition) is 5. The van der Waals surface area contributed by atoms with Gasteiger partial charge in [-0.05, 0) is 60.1 Å². The van der Waals surface area contributed by atoms with E-state index in [1.807, 2.05) is 6.07 Å². The zero-order valence-electron chi connectivity index (χ0n) is 14.4. The average molecular weight is 443 g/mol. The number of nitrogens with one attached hydrogen (secondary N) is 2. The molecule has 1 aliphatic heterocycles. The first-order valence-electron chi connectivity index (χ1n) is 8.20. The van der Waals surface area contributed by atoms with Crippen molar-refractivity contribution >= 4 is 37.5 Å². The molecular weight excluding hydrogens is 423 g/mol. The molecule has 0 spiro atoms. The van der Waals surface area contributed by atoms with Crippen LogP contribution in [0.1, 0.15) is 13.8 Å². The van der Waals surface area contributed by atoms with Gasteiger partial charge in [0.25, 0.3) is 10.0 Å². The van der Waals surface area contributed by atoms with Gasteiger partial charge in [0.05, 0.1) is 15.1 Å². The summed E-state index contributed by atoms with van der Waals surface area (Å²) in [5.74, 6) is -0.406. The van der Waals surface area contributed by atoms with Crippen molar-refractivity contribution in [1.29, 1.82) is 0 Å². The fraction of sp³-hybridized carbons (Fsp3) is 0.353. The largest absolute Gasteiger partial charge is 0.365 e. The summed E-state index contributed by atoms with van der Waals surface area (Å²) in [4.78, 5) is 6.14. The van der Waals surface area contributed by atoms with E-state index in [2.05, 4.69) is 49.7 Å². The average Bonchev–Trinajstić information content (AvgIpc) is 2.56. The number of benzene rings is 1.